The Morgan fingerprint density at radius 1 is 1.08 bits per heavy atom. The van der Waals surface area contributed by atoms with Crippen LogP contribution in [0.5, 0.6) is 0 Å². The maximum atomic E-state index is 12.7. The normalized spacial score (nSPS) is 11.0. The van der Waals surface area contributed by atoms with Gasteiger partial charge in [-0.05, 0) is 29.8 Å². The first-order valence-electron chi connectivity index (χ1n) is 7.90. The number of halogens is 1. The lowest BCUT2D eigenvalue weighted by molar-refractivity contribution is 0.805. The first-order chi connectivity index (χ1) is 12.6. The zero-order chi connectivity index (χ0) is 18.1. The van der Waals surface area contributed by atoms with Crippen molar-refractivity contribution in [3.8, 4) is 0 Å². The molecule has 26 heavy (non-hydrogen) atoms. The molecule has 0 spiro atoms. The van der Waals surface area contributed by atoms with Crippen LogP contribution in [0, 0.1) is 0 Å². The molecule has 0 fully saturated rings. The molecule has 2 aromatic heterocycles. The summed E-state index contributed by atoms with van der Waals surface area (Å²) in [6.45, 7) is 0. The summed E-state index contributed by atoms with van der Waals surface area (Å²) in [5, 5.41) is 13.4. The van der Waals surface area contributed by atoms with Crippen molar-refractivity contribution in [3.63, 3.8) is 0 Å². The Balaban J connectivity index is 1.70. The van der Waals surface area contributed by atoms with Gasteiger partial charge >= 0.3 is 0 Å². The van der Waals surface area contributed by atoms with E-state index in [0.717, 1.165) is 15.7 Å². The van der Waals surface area contributed by atoms with Crippen LogP contribution in [0.2, 0.25) is 0 Å². The third-order valence-electron chi connectivity index (χ3n) is 3.96. The van der Waals surface area contributed by atoms with Crippen molar-refractivity contribution in [1.82, 2.24) is 19.8 Å². The average molecular weight is 428 g/mol. The van der Waals surface area contributed by atoms with Crippen LogP contribution in [0.25, 0.3) is 4.96 Å². The van der Waals surface area contributed by atoms with E-state index in [1.54, 1.807) is 0 Å². The van der Waals surface area contributed by atoms with E-state index in [0.29, 0.717) is 22.2 Å². The summed E-state index contributed by atoms with van der Waals surface area (Å²) < 4.78 is 2.34. The lowest BCUT2D eigenvalue weighted by Crippen LogP contribution is -2.22. The van der Waals surface area contributed by atoms with E-state index in [2.05, 4.69) is 31.2 Å². The number of benzene rings is 2. The van der Waals surface area contributed by atoms with Crippen LogP contribution < -0.4 is 10.5 Å². The molecule has 0 aliphatic heterocycles. The number of fused-ring (bicyclic) bond motifs is 1. The van der Waals surface area contributed by atoms with Crippen molar-refractivity contribution < 1.29 is 0 Å². The molecular weight excluding hydrogens is 414 g/mol. The smallest absolute Gasteiger partial charge is 0.297 e. The van der Waals surface area contributed by atoms with E-state index >= 15 is 0 Å². The lowest BCUT2D eigenvalue weighted by Gasteiger charge is -2.14. The molecule has 0 amide bonds. The highest BCUT2D eigenvalue weighted by molar-refractivity contribution is 9.10. The van der Waals surface area contributed by atoms with Gasteiger partial charge in [0.15, 0.2) is 0 Å². The first-order valence-corrected chi connectivity index (χ1v) is 9.51. The van der Waals surface area contributed by atoms with Crippen molar-refractivity contribution in [2.24, 2.45) is 0 Å². The largest absolute Gasteiger partial charge is 0.319 e. The second-order valence-electron chi connectivity index (χ2n) is 5.73. The van der Waals surface area contributed by atoms with Gasteiger partial charge in [-0.2, -0.15) is 4.52 Å². The number of nitrogens with zero attached hydrogens (tertiary/aromatic N) is 5. The quantitative estimate of drug-likeness (QED) is 0.497. The van der Waals surface area contributed by atoms with Gasteiger partial charge in [0, 0.05) is 23.6 Å². The van der Waals surface area contributed by atoms with Gasteiger partial charge in [-0.3, -0.25) is 4.79 Å². The number of aromatic nitrogens is 4. The van der Waals surface area contributed by atoms with E-state index in [4.69, 9.17) is 0 Å². The highest BCUT2D eigenvalue weighted by Crippen LogP contribution is 2.28. The molecular formula is C18H14BrN5OS. The SMILES string of the molecule is CN(c1ccc(Br)cc1)c1nn2c(=O)c(Cc3ccccc3)nnc2s1. The second kappa shape index (κ2) is 6.97. The van der Waals surface area contributed by atoms with Gasteiger partial charge < -0.3 is 4.90 Å². The summed E-state index contributed by atoms with van der Waals surface area (Å²) in [6.07, 6.45) is 0.436. The Hall–Kier alpha value is -2.58. The second-order valence-corrected chi connectivity index (χ2v) is 7.58. The third-order valence-corrected chi connectivity index (χ3v) is 5.46. The van der Waals surface area contributed by atoms with E-state index in [1.807, 2.05) is 66.5 Å². The Labute approximate surface area is 161 Å². The van der Waals surface area contributed by atoms with Crippen molar-refractivity contribution in [2.75, 3.05) is 11.9 Å². The predicted molar refractivity (Wildman–Crippen MR) is 106 cm³/mol. The summed E-state index contributed by atoms with van der Waals surface area (Å²) in [7, 11) is 1.91. The molecule has 4 aromatic rings. The van der Waals surface area contributed by atoms with Gasteiger partial charge in [-0.25, -0.2) is 0 Å². The number of hydrogen-bond donors (Lipinski definition) is 0. The molecule has 0 unspecified atom stereocenters. The maximum Gasteiger partial charge on any atom is 0.297 e. The predicted octanol–water partition coefficient (Wildman–Crippen LogP) is 3.67. The average Bonchev–Trinajstić information content (AvgIpc) is 3.10. The number of hydrogen-bond acceptors (Lipinski definition) is 6. The Morgan fingerprint density at radius 2 is 1.81 bits per heavy atom. The highest BCUT2D eigenvalue weighted by atomic mass is 79.9. The van der Waals surface area contributed by atoms with Crippen LogP contribution in [0.1, 0.15) is 11.3 Å². The van der Waals surface area contributed by atoms with Crippen molar-refractivity contribution in [2.45, 2.75) is 6.42 Å². The first kappa shape index (κ1) is 16.9. The lowest BCUT2D eigenvalue weighted by atomic mass is 10.1. The van der Waals surface area contributed by atoms with Crippen molar-refractivity contribution >= 4 is 43.0 Å². The molecule has 2 heterocycles. The number of rotatable bonds is 4. The molecule has 8 heteroatoms. The van der Waals surface area contributed by atoms with Crippen molar-refractivity contribution in [1.29, 1.82) is 0 Å². The Kier molecular flexibility index (Phi) is 4.52. The fourth-order valence-corrected chi connectivity index (χ4v) is 3.63. The number of anilines is 2. The third kappa shape index (κ3) is 3.25. The molecule has 130 valence electrons. The molecule has 0 atom stereocenters. The van der Waals surface area contributed by atoms with Crippen LogP contribution in [0.4, 0.5) is 10.8 Å². The molecule has 0 saturated carbocycles. The molecule has 0 aliphatic rings. The summed E-state index contributed by atoms with van der Waals surface area (Å²) in [5.41, 5.74) is 2.14. The van der Waals surface area contributed by atoms with Gasteiger partial charge in [0.25, 0.3) is 5.56 Å². The van der Waals surface area contributed by atoms with Crippen LogP contribution in [0.15, 0.2) is 63.9 Å². The van der Waals surface area contributed by atoms with Crippen molar-refractivity contribution in [3.05, 3.63) is 80.7 Å². The molecule has 4 rings (SSSR count). The molecule has 6 nitrogen and oxygen atoms in total. The Bertz CT molecular complexity index is 1110. The minimum atomic E-state index is -0.231. The van der Waals surface area contributed by atoms with E-state index in [9.17, 15) is 4.79 Å². The topological polar surface area (TPSA) is 63.4 Å². The molecule has 0 N–H and O–H groups in total. The minimum Gasteiger partial charge on any atom is -0.319 e. The van der Waals surface area contributed by atoms with Crippen LogP contribution in [-0.2, 0) is 6.42 Å². The van der Waals surface area contributed by atoms with Gasteiger partial charge in [0.1, 0.15) is 5.69 Å². The minimum absolute atomic E-state index is 0.231. The zero-order valence-electron chi connectivity index (χ0n) is 13.8. The fraction of sp³-hybridized carbons (Fsp3) is 0.111. The molecule has 2 aromatic carbocycles. The molecule has 0 bridgehead atoms. The summed E-state index contributed by atoms with van der Waals surface area (Å²) >= 11 is 4.75. The monoisotopic (exact) mass is 427 g/mol. The zero-order valence-corrected chi connectivity index (χ0v) is 16.2. The standard InChI is InChI=1S/C18H14BrN5OS/c1-23(14-9-7-13(19)8-10-14)18-22-24-16(25)15(20-21-17(24)26-18)11-12-5-3-2-4-6-12/h2-10H,11H2,1H3. The van der Waals surface area contributed by atoms with Gasteiger partial charge in [-0.1, -0.05) is 57.6 Å². The van der Waals surface area contributed by atoms with E-state index in [1.165, 1.54) is 15.9 Å². The summed E-state index contributed by atoms with van der Waals surface area (Å²) in [4.78, 5) is 15.1. The van der Waals surface area contributed by atoms with Crippen LogP contribution in [-0.4, -0.2) is 26.9 Å². The fourth-order valence-electron chi connectivity index (χ4n) is 2.55. The highest BCUT2D eigenvalue weighted by Gasteiger charge is 2.15. The van der Waals surface area contributed by atoms with Crippen LogP contribution in [0.3, 0.4) is 0 Å². The van der Waals surface area contributed by atoms with Gasteiger partial charge in [0.2, 0.25) is 10.1 Å². The Morgan fingerprint density at radius 3 is 2.54 bits per heavy atom. The van der Waals surface area contributed by atoms with E-state index in [-0.39, 0.29) is 5.56 Å². The van der Waals surface area contributed by atoms with E-state index < -0.39 is 0 Å². The molecule has 0 radical (unpaired) electrons. The summed E-state index contributed by atoms with van der Waals surface area (Å²) in [5.74, 6) is 0. The van der Waals surface area contributed by atoms with Crippen LogP contribution >= 0.6 is 27.3 Å². The molecule has 0 saturated heterocycles. The molecule has 0 aliphatic carbocycles. The van der Waals surface area contributed by atoms with Gasteiger partial charge in [0.05, 0.1) is 0 Å². The summed E-state index contributed by atoms with van der Waals surface area (Å²) in [6, 6.07) is 17.6. The maximum absolute atomic E-state index is 12.7. The van der Waals surface area contributed by atoms with Gasteiger partial charge in [-0.15, -0.1) is 15.3 Å².